The van der Waals surface area contributed by atoms with Crippen LogP contribution in [0, 0.1) is 5.92 Å². The first-order valence-electron chi connectivity index (χ1n) is 7.89. The quantitative estimate of drug-likeness (QED) is 0.590. The minimum atomic E-state index is -0.199. The van der Waals surface area contributed by atoms with Crippen molar-refractivity contribution in [2.24, 2.45) is 5.92 Å². The van der Waals surface area contributed by atoms with Crippen molar-refractivity contribution in [3.63, 3.8) is 0 Å². The largest absolute Gasteiger partial charge is 0.362 e. The van der Waals surface area contributed by atoms with Gasteiger partial charge in [-0.1, -0.05) is 33.1 Å². The zero-order valence-electron chi connectivity index (χ0n) is 13.2. The Morgan fingerprint density at radius 2 is 2.05 bits per heavy atom. The van der Waals surface area contributed by atoms with Gasteiger partial charge >= 0.3 is 5.69 Å². The second-order valence-electron chi connectivity index (χ2n) is 5.59. The number of aromatic nitrogens is 2. The molecule has 2 aromatic rings. The van der Waals surface area contributed by atoms with E-state index in [9.17, 15) is 4.79 Å². The number of anilines is 1. The molecule has 0 saturated carbocycles. The molecule has 0 unspecified atom stereocenters. The Bertz CT molecular complexity index is 676. The summed E-state index contributed by atoms with van der Waals surface area (Å²) in [7, 11) is 0. The molecule has 0 fully saturated rings. The van der Waals surface area contributed by atoms with Crippen molar-refractivity contribution in [3.8, 4) is 0 Å². The van der Waals surface area contributed by atoms with Gasteiger partial charge in [0.1, 0.15) is 0 Å². The number of imidazole rings is 1. The second kappa shape index (κ2) is 7.98. The molecule has 120 valence electrons. The summed E-state index contributed by atoms with van der Waals surface area (Å²) in [6, 6.07) is 5.62. The first-order valence-corrected chi connectivity index (χ1v) is 8.30. The van der Waals surface area contributed by atoms with Crippen molar-refractivity contribution < 1.29 is 0 Å². The minimum absolute atomic E-state index is 0.199. The molecule has 1 atom stereocenters. The van der Waals surface area contributed by atoms with Gasteiger partial charge in [0.05, 0.1) is 11.0 Å². The molecule has 1 heterocycles. The number of thiocarbonyl (C=S) groups is 1. The van der Waals surface area contributed by atoms with Crippen molar-refractivity contribution in [2.45, 2.75) is 39.5 Å². The summed E-state index contributed by atoms with van der Waals surface area (Å²) in [6.07, 6.45) is 4.89. The van der Waals surface area contributed by atoms with Crippen molar-refractivity contribution >= 4 is 34.1 Å². The smallest absolute Gasteiger partial charge is 0.323 e. The maximum absolute atomic E-state index is 11.2. The average molecular weight is 320 g/mol. The molecular formula is C16H24N4OS. The molecule has 1 aromatic heterocycles. The molecule has 5 nitrogen and oxygen atoms in total. The summed E-state index contributed by atoms with van der Waals surface area (Å²) < 4.78 is 0. The third-order valence-corrected chi connectivity index (χ3v) is 4.11. The Morgan fingerprint density at radius 1 is 1.27 bits per heavy atom. The van der Waals surface area contributed by atoms with Crippen LogP contribution < -0.4 is 16.3 Å². The van der Waals surface area contributed by atoms with Crippen LogP contribution in [0.15, 0.2) is 23.0 Å². The number of benzene rings is 1. The van der Waals surface area contributed by atoms with E-state index in [2.05, 4.69) is 34.4 Å². The van der Waals surface area contributed by atoms with E-state index in [1.54, 1.807) is 0 Å². The van der Waals surface area contributed by atoms with E-state index >= 15 is 0 Å². The third kappa shape index (κ3) is 4.59. The number of aromatic amines is 2. The molecule has 0 spiro atoms. The molecule has 2 rings (SSSR count). The van der Waals surface area contributed by atoms with Gasteiger partial charge in [0.2, 0.25) is 0 Å². The van der Waals surface area contributed by atoms with Crippen molar-refractivity contribution in [1.29, 1.82) is 0 Å². The Morgan fingerprint density at radius 3 is 2.77 bits per heavy atom. The first kappa shape index (κ1) is 16.5. The zero-order valence-corrected chi connectivity index (χ0v) is 14.0. The maximum atomic E-state index is 11.2. The molecule has 6 heteroatoms. The number of rotatable bonds is 7. The van der Waals surface area contributed by atoms with E-state index in [4.69, 9.17) is 12.2 Å². The van der Waals surface area contributed by atoms with Gasteiger partial charge in [0, 0.05) is 12.2 Å². The average Bonchev–Trinajstić information content (AvgIpc) is 2.87. The molecule has 0 amide bonds. The number of hydrogen-bond acceptors (Lipinski definition) is 2. The Hall–Kier alpha value is -1.82. The standard InChI is InChI=1S/C16H24N4OS/c1-3-5-6-11(4-2)10-17-16(22)18-12-7-8-13-14(9-12)20-15(21)19-13/h7-9,11H,3-6,10H2,1-2H3,(H2,17,18,22)(H2,19,20,21)/t11-/m0/s1. The van der Waals surface area contributed by atoms with Crippen LogP contribution in [0.1, 0.15) is 39.5 Å². The second-order valence-corrected chi connectivity index (χ2v) is 6.00. The van der Waals surface area contributed by atoms with E-state index in [0.29, 0.717) is 11.0 Å². The molecule has 0 aliphatic rings. The first-order chi connectivity index (χ1) is 10.6. The van der Waals surface area contributed by atoms with Gasteiger partial charge in [-0.25, -0.2) is 4.79 Å². The van der Waals surface area contributed by atoms with Gasteiger partial charge in [0.15, 0.2) is 5.11 Å². The summed E-state index contributed by atoms with van der Waals surface area (Å²) in [5.74, 6) is 0.656. The highest BCUT2D eigenvalue weighted by atomic mass is 32.1. The summed E-state index contributed by atoms with van der Waals surface area (Å²) in [5.41, 5.74) is 2.23. The predicted octanol–water partition coefficient (Wildman–Crippen LogP) is 3.36. The van der Waals surface area contributed by atoms with Gasteiger partial charge in [-0.15, -0.1) is 0 Å². The maximum Gasteiger partial charge on any atom is 0.323 e. The van der Waals surface area contributed by atoms with Crippen molar-refractivity contribution in [3.05, 3.63) is 28.7 Å². The molecular weight excluding hydrogens is 296 g/mol. The SMILES string of the molecule is CCCC[C@H](CC)CNC(=S)Nc1ccc2[nH]c(=O)[nH]c2c1. The molecule has 0 aliphatic heterocycles. The fourth-order valence-corrected chi connectivity index (χ4v) is 2.67. The van der Waals surface area contributed by atoms with Crippen molar-refractivity contribution in [1.82, 2.24) is 15.3 Å². The molecule has 22 heavy (non-hydrogen) atoms. The number of H-pyrrole nitrogens is 2. The highest BCUT2D eigenvalue weighted by Crippen LogP contribution is 2.15. The molecule has 0 aliphatic carbocycles. The van der Waals surface area contributed by atoms with Gasteiger partial charge in [0.25, 0.3) is 0 Å². The van der Waals surface area contributed by atoms with E-state index in [1.807, 2.05) is 18.2 Å². The highest BCUT2D eigenvalue weighted by Gasteiger charge is 2.07. The Balaban J connectivity index is 1.88. The summed E-state index contributed by atoms with van der Waals surface area (Å²) in [4.78, 5) is 16.7. The van der Waals surface area contributed by atoms with Crippen LogP contribution >= 0.6 is 12.2 Å². The zero-order chi connectivity index (χ0) is 15.9. The van der Waals surface area contributed by atoms with Gasteiger partial charge in [-0.05, 0) is 42.8 Å². The molecule has 1 aromatic carbocycles. The van der Waals surface area contributed by atoms with Gasteiger partial charge < -0.3 is 20.6 Å². The van der Waals surface area contributed by atoms with Gasteiger partial charge in [-0.2, -0.15) is 0 Å². The molecule has 4 N–H and O–H groups in total. The number of fused-ring (bicyclic) bond motifs is 1. The molecule has 0 saturated heterocycles. The van der Waals surface area contributed by atoms with Crippen LogP contribution in [0.2, 0.25) is 0 Å². The van der Waals surface area contributed by atoms with E-state index in [-0.39, 0.29) is 5.69 Å². The fraction of sp³-hybridized carbons (Fsp3) is 0.500. The minimum Gasteiger partial charge on any atom is -0.362 e. The lowest BCUT2D eigenvalue weighted by Gasteiger charge is -2.17. The fourth-order valence-electron chi connectivity index (χ4n) is 2.47. The summed E-state index contributed by atoms with van der Waals surface area (Å²) >= 11 is 5.34. The van der Waals surface area contributed by atoms with Crippen LogP contribution in [0.4, 0.5) is 5.69 Å². The summed E-state index contributed by atoms with van der Waals surface area (Å²) in [5, 5.41) is 7.07. The Labute approximate surface area is 135 Å². The third-order valence-electron chi connectivity index (χ3n) is 3.87. The Kier molecular flexibility index (Phi) is 6.00. The summed E-state index contributed by atoms with van der Waals surface area (Å²) in [6.45, 7) is 5.33. The number of nitrogens with one attached hydrogen (secondary N) is 4. The van der Waals surface area contributed by atoms with Crippen LogP contribution in [-0.2, 0) is 0 Å². The molecule has 0 radical (unpaired) electrons. The van der Waals surface area contributed by atoms with Crippen LogP contribution in [0.25, 0.3) is 11.0 Å². The highest BCUT2D eigenvalue weighted by molar-refractivity contribution is 7.80. The lowest BCUT2D eigenvalue weighted by atomic mass is 9.99. The number of unbranched alkanes of at least 4 members (excludes halogenated alkanes) is 1. The van der Waals surface area contributed by atoms with Crippen LogP contribution in [0.3, 0.4) is 0 Å². The van der Waals surface area contributed by atoms with Crippen LogP contribution in [-0.4, -0.2) is 21.6 Å². The molecule has 0 bridgehead atoms. The van der Waals surface area contributed by atoms with Gasteiger partial charge in [-0.3, -0.25) is 0 Å². The van der Waals surface area contributed by atoms with E-state index in [0.717, 1.165) is 29.7 Å². The lowest BCUT2D eigenvalue weighted by molar-refractivity contribution is 0.446. The normalized spacial score (nSPS) is 12.3. The van der Waals surface area contributed by atoms with Crippen LogP contribution in [0.5, 0.6) is 0 Å². The monoisotopic (exact) mass is 320 g/mol. The topological polar surface area (TPSA) is 72.7 Å². The lowest BCUT2D eigenvalue weighted by Crippen LogP contribution is -2.32. The van der Waals surface area contributed by atoms with E-state index < -0.39 is 0 Å². The van der Waals surface area contributed by atoms with E-state index in [1.165, 1.54) is 19.3 Å². The predicted molar refractivity (Wildman–Crippen MR) is 96.4 cm³/mol. The van der Waals surface area contributed by atoms with Crippen molar-refractivity contribution in [2.75, 3.05) is 11.9 Å². The number of hydrogen-bond donors (Lipinski definition) is 4.